The molecule has 150 valence electrons. The summed E-state index contributed by atoms with van der Waals surface area (Å²) >= 11 is 0. The molecular formula is C23H23FN2O3. The van der Waals surface area contributed by atoms with Crippen LogP contribution < -0.4 is 14.8 Å². The van der Waals surface area contributed by atoms with Gasteiger partial charge in [0.15, 0.2) is 0 Å². The van der Waals surface area contributed by atoms with Crippen molar-refractivity contribution in [2.75, 3.05) is 6.61 Å². The van der Waals surface area contributed by atoms with Crippen molar-refractivity contribution in [3.05, 3.63) is 83.3 Å². The summed E-state index contributed by atoms with van der Waals surface area (Å²) in [6.45, 7) is 4.60. The maximum Gasteiger partial charge on any atom is 0.224 e. The van der Waals surface area contributed by atoms with Gasteiger partial charge in [-0.1, -0.05) is 18.2 Å². The Balaban J connectivity index is 1.50. The van der Waals surface area contributed by atoms with Gasteiger partial charge >= 0.3 is 0 Å². The maximum atomic E-state index is 13.3. The van der Waals surface area contributed by atoms with Crippen molar-refractivity contribution in [3.8, 4) is 17.4 Å². The van der Waals surface area contributed by atoms with E-state index in [2.05, 4.69) is 10.3 Å². The molecule has 0 aliphatic carbocycles. The number of carbonyl (C=O) groups excluding carboxylic acids is 1. The summed E-state index contributed by atoms with van der Waals surface area (Å²) in [6, 6.07) is 15.2. The molecule has 0 aliphatic heterocycles. The van der Waals surface area contributed by atoms with Gasteiger partial charge in [0, 0.05) is 24.4 Å². The maximum absolute atomic E-state index is 13.3. The Kier molecular flexibility index (Phi) is 6.79. The number of carbonyl (C=O) groups is 1. The van der Waals surface area contributed by atoms with E-state index in [-0.39, 0.29) is 25.5 Å². The second-order valence-corrected chi connectivity index (χ2v) is 6.65. The van der Waals surface area contributed by atoms with Crippen LogP contribution in [0, 0.1) is 19.7 Å². The normalized spacial score (nSPS) is 10.4. The highest BCUT2D eigenvalue weighted by molar-refractivity contribution is 5.76. The smallest absolute Gasteiger partial charge is 0.224 e. The van der Waals surface area contributed by atoms with Gasteiger partial charge in [-0.3, -0.25) is 4.79 Å². The van der Waals surface area contributed by atoms with Gasteiger partial charge in [-0.2, -0.15) is 0 Å². The summed E-state index contributed by atoms with van der Waals surface area (Å²) in [4.78, 5) is 16.3. The zero-order valence-electron chi connectivity index (χ0n) is 16.4. The molecule has 3 rings (SSSR count). The van der Waals surface area contributed by atoms with E-state index in [0.29, 0.717) is 17.2 Å². The van der Waals surface area contributed by atoms with E-state index in [1.54, 1.807) is 30.5 Å². The zero-order chi connectivity index (χ0) is 20.6. The Hall–Kier alpha value is -3.41. The molecule has 5 nitrogen and oxygen atoms in total. The number of halogens is 1. The van der Waals surface area contributed by atoms with Crippen LogP contribution in [0.15, 0.2) is 60.8 Å². The minimum Gasteiger partial charge on any atom is -0.493 e. The fraction of sp³-hybridized carbons (Fsp3) is 0.217. The number of benzene rings is 2. The topological polar surface area (TPSA) is 60.5 Å². The van der Waals surface area contributed by atoms with Crippen molar-refractivity contribution in [2.45, 2.75) is 26.8 Å². The number of amides is 1. The van der Waals surface area contributed by atoms with E-state index in [1.807, 2.05) is 32.0 Å². The first-order valence-corrected chi connectivity index (χ1v) is 9.35. The molecule has 3 aromatic rings. The van der Waals surface area contributed by atoms with E-state index in [0.717, 1.165) is 11.3 Å². The number of rotatable bonds is 8. The van der Waals surface area contributed by atoms with Crippen LogP contribution in [0.3, 0.4) is 0 Å². The number of pyridine rings is 1. The van der Waals surface area contributed by atoms with E-state index in [4.69, 9.17) is 9.47 Å². The number of nitrogens with zero attached hydrogens (tertiary/aromatic N) is 1. The summed E-state index contributed by atoms with van der Waals surface area (Å²) in [6.07, 6.45) is 1.81. The monoisotopic (exact) mass is 394 g/mol. The predicted molar refractivity (Wildman–Crippen MR) is 109 cm³/mol. The molecule has 0 saturated heterocycles. The van der Waals surface area contributed by atoms with Gasteiger partial charge in [0.1, 0.15) is 17.3 Å². The minimum atomic E-state index is -0.392. The van der Waals surface area contributed by atoms with Gasteiger partial charge in [0.25, 0.3) is 0 Å². The van der Waals surface area contributed by atoms with Crippen LogP contribution >= 0.6 is 0 Å². The molecule has 0 spiro atoms. The van der Waals surface area contributed by atoms with Crippen molar-refractivity contribution in [3.63, 3.8) is 0 Å². The molecule has 0 unspecified atom stereocenters. The summed E-state index contributed by atoms with van der Waals surface area (Å²) < 4.78 is 24.6. The number of aromatic nitrogens is 1. The largest absolute Gasteiger partial charge is 0.493 e. The first-order chi connectivity index (χ1) is 14.0. The quantitative estimate of drug-likeness (QED) is 0.601. The van der Waals surface area contributed by atoms with Crippen molar-refractivity contribution in [2.24, 2.45) is 0 Å². The van der Waals surface area contributed by atoms with Crippen LogP contribution in [-0.2, 0) is 11.3 Å². The van der Waals surface area contributed by atoms with Crippen LogP contribution in [0.1, 0.15) is 23.1 Å². The molecule has 1 heterocycles. The molecule has 0 bridgehead atoms. The molecule has 29 heavy (non-hydrogen) atoms. The SMILES string of the molecule is Cc1ccc(OCCC(=O)NCc2cccnc2Oc2cccc(F)c2)cc1C. The lowest BCUT2D eigenvalue weighted by Gasteiger charge is -2.11. The van der Waals surface area contributed by atoms with Crippen molar-refractivity contribution < 1.29 is 18.7 Å². The zero-order valence-corrected chi connectivity index (χ0v) is 16.4. The van der Waals surface area contributed by atoms with Gasteiger partial charge in [0.2, 0.25) is 11.8 Å². The van der Waals surface area contributed by atoms with E-state index in [1.165, 1.54) is 17.7 Å². The van der Waals surface area contributed by atoms with Crippen LogP contribution in [0.5, 0.6) is 17.4 Å². The molecular weight excluding hydrogens is 371 g/mol. The Morgan fingerprint density at radius 1 is 1.03 bits per heavy atom. The molecule has 0 radical (unpaired) electrons. The number of ether oxygens (including phenoxy) is 2. The summed E-state index contributed by atoms with van der Waals surface area (Å²) in [5, 5.41) is 2.83. The van der Waals surface area contributed by atoms with Crippen LogP contribution in [0.4, 0.5) is 4.39 Å². The Morgan fingerprint density at radius 2 is 1.90 bits per heavy atom. The Labute approximate surface area is 169 Å². The second kappa shape index (κ2) is 9.68. The van der Waals surface area contributed by atoms with E-state index in [9.17, 15) is 9.18 Å². The standard InChI is InChI=1S/C23H23FN2O3/c1-16-8-9-20(13-17(16)2)28-12-10-22(27)26-15-18-5-4-11-25-23(18)29-21-7-3-6-19(24)14-21/h3-9,11,13-14H,10,12,15H2,1-2H3,(H,26,27). The van der Waals surface area contributed by atoms with E-state index >= 15 is 0 Å². The van der Waals surface area contributed by atoms with E-state index < -0.39 is 5.82 Å². The minimum absolute atomic E-state index is 0.144. The molecule has 6 heteroatoms. The first kappa shape index (κ1) is 20.3. The summed E-state index contributed by atoms with van der Waals surface area (Å²) in [5.41, 5.74) is 3.04. The summed E-state index contributed by atoms with van der Waals surface area (Å²) in [5.74, 6) is 0.883. The van der Waals surface area contributed by atoms with Gasteiger partial charge < -0.3 is 14.8 Å². The molecule has 0 aliphatic rings. The average molecular weight is 394 g/mol. The number of nitrogens with one attached hydrogen (secondary N) is 1. The Bertz CT molecular complexity index is 991. The van der Waals surface area contributed by atoms with Crippen molar-refractivity contribution in [1.82, 2.24) is 10.3 Å². The third-order valence-corrected chi connectivity index (χ3v) is 4.41. The Morgan fingerprint density at radius 3 is 2.69 bits per heavy atom. The fourth-order valence-corrected chi connectivity index (χ4v) is 2.64. The van der Waals surface area contributed by atoms with Crippen molar-refractivity contribution in [1.29, 1.82) is 0 Å². The highest BCUT2D eigenvalue weighted by atomic mass is 19.1. The third-order valence-electron chi connectivity index (χ3n) is 4.41. The lowest BCUT2D eigenvalue weighted by molar-refractivity contribution is -0.121. The summed E-state index contributed by atoms with van der Waals surface area (Å²) in [7, 11) is 0. The molecule has 2 aromatic carbocycles. The van der Waals surface area contributed by atoms with Crippen molar-refractivity contribution >= 4 is 5.91 Å². The van der Waals surface area contributed by atoms with Crippen LogP contribution in [-0.4, -0.2) is 17.5 Å². The predicted octanol–water partition coefficient (Wildman–Crippen LogP) is 4.72. The molecule has 1 N–H and O–H groups in total. The molecule has 1 amide bonds. The fourth-order valence-electron chi connectivity index (χ4n) is 2.64. The highest BCUT2D eigenvalue weighted by Gasteiger charge is 2.09. The highest BCUT2D eigenvalue weighted by Crippen LogP contribution is 2.23. The molecule has 0 saturated carbocycles. The third kappa shape index (κ3) is 6.04. The van der Waals surface area contributed by atoms with Gasteiger partial charge in [-0.25, -0.2) is 9.37 Å². The van der Waals surface area contributed by atoms with Gasteiger partial charge in [-0.15, -0.1) is 0 Å². The molecule has 0 fully saturated rings. The van der Waals surface area contributed by atoms with Crippen LogP contribution in [0.2, 0.25) is 0 Å². The number of hydrogen-bond donors (Lipinski definition) is 1. The molecule has 1 aromatic heterocycles. The first-order valence-electron chi connectivity index (χ1n) is 9.35. The lowest BCUT2D eigenvalue weighted by atomic mass is 10.1. The lowest BCUT2D eigenvalue weighted by Crippen LogP contribution is -2.24. The average Bonchev–Trinajstić information content (AvgIpc) is 2.70. The second-order valence-electron chi connectivity index (χ2n) is 6.65. The number of hydrogen-bond acceptors (Lipinski definition) is 4. The van der Waals surface area contributed by atoms with Gasteiger partial charge in [-0.05, 0) is 55.3 Å². The van der Waals surface area contributed by atoms with Crippen LogP contribution in [0.25, 0.3) is 0 Å². The van der Waals surface area contributed by atoms with Gasteiger partial charge in [0.05, 0.1) is 13.0 Å². The number of aryl methyl sites for hydroxylation is 2. The molecule has 0 atom stereocenters.